The van der Waals surface area contributed by atoms with E-state index in [1.54, 1.807) is 47.6 Å². The van der Waals surface area contributed by atoms with Gasteiger partial charge < -0.3 is 10.0 Å². The minimum absolute atomic E-state index is 0.0985. The number of nitrogens with zero attached hydrogens (tertiary/aromatic N) is 2. The quantitative estimate of drug-likeness (QED) is 0.918. The summed E-state index contributed by atoms with van der Waals surface area (Å²) in [6.07, 6.45) is 3.19. The van der Waals surface area contributed by atoms with Crippen molar-refractivity contribution in [2.24, 2.45) is 0 Å². The molecular formula is C15H16N2O2. The van der Waals surface area contributed by atoms with E-state index in [2.05, 4.69) is 4.98 Å². The lowest BCUT2D eigenvalue weighted by Gasteiger charge is -2.23. The second-order valence-corrected chi connectivity index (χ2v) is 4.26. The van der Waals surface area contributed by atoms with Crippen LogP contribution in [0.2, 0.25) is 0 Å². The zero-order chi connectivity index (χ0) is 13.8. The zero-order valence-electron chi connectivity index (χ0n) is 11.0. The van der Waals surface area contributed by atoms with Crippen LogP contribution < -0.4 is 4.90 Å². The Morgan fingerprint density at radius 3 is 2.58 bits per heavy atom. The van der Waals surface area contributed by atoms with E-state index in [0.29, 0.717) is 12.1 Å². The summed E-state index contributed by atoms with van der Waals surface area (Å²) in [6, 6.07) is 8.39. The number of aromatic nitrogens is 1. The van der Waals surface area contributed by atoms with Crippen molar-refractivity contribution in [2.45, 2.75) is 13.8 Å². The number of aromatic hydroxyl groups is 1. The van der Waals surface area contributed by atoms with Crippen LogP contribution in [-0.4, -0.2) is 22.5 Å². The molecule has 2 aromatic rings. The average Bonchev–Trinajstić information content (AvgIpc) is 2.44. The summed E-state index contributed by atoms with van der Waals surface area (Å²) in [4.78, 5) is 18.0. The largest absolute Gasteiger partial charge is 0.508 e. The molecule has 0 saturated carbocycles. The Kier molecular flexibility index (Phi) is 3.80. The Bertz CT molecular complexity index is 582. The van der Waals surface area contributed by atoms with Gasteiger partial charge in [0.05, 0.1) is 5.69 Å². The van der Waals surface area contributed by atoms with Gasteiger partial charge in [-0.2, -0.15) is 0 Å². The number of hydrogen-bond acceptors (Lipinski definition) is 3. The summed E-state index contributed by atoms with van der Waals surface area (Å²) in [5.74, 6) is 0.0557. The van der Waals surface area contributed by atoms with Crippen LogP contribution in [-0.2, 0) is 0 Å². The molecular weight excluding hydrogens is 240 g/mol. The fourth-order valence-corrected chi connectivity index (χ4v) is 1.96. The Morgan fingerprint density at radius 1 is 1.26 bits per heavy atom. The van der Waals surface area contributed by atoms with Gasteiger partial charge in [-0.15, -0.1) is 0 Å². The van der Waals surface area contributed by atoms with Gasteiger partial charge in [0.1, 0.15) is 5.75 Å². The van der Waals surface area contributed by atoms with Gasteiger partial charge in [0.25, 0.3) is 5.91 Å². The topological polar surface area (TPSA) is 53.4 Å². The maximum absolute atomic E-state index is 12.5. The van der Waals surface area contributed by atoms with Crippen molar-refractivity contribution < 1.29 is 9.90 Å². The van der Waals surface area contributed by atoms with Gasteiger partial charge in [-0.05, 0) is 37.6 Å². The van der Waals surface area contributed by atoms with Gasteiger partial charge in [0, 0.05) is 30.6 Å². The predicted molar refractivity (Wildman–Crippen MR) is 74.4 cm³/mol. The molecule has 0 unspecified atom stereocenters. The molecule has 0 fully saturated rings. The smallest absolute Gasteiger partial charge is 0.258 e. The van der Waals surface area contributed by atoms with Gasteiger partial charge in [-0.3, -0.25) is 9.78 Å². The normalized spacial score (nSPS) is 10.2. The molecule has 1 amide bonds. The highest BCUT2D eigenvalue weighted by atomic mass is 16.3. The van der Waals surface area contributed by atoms with Gasteiger partial charge in [-0.25, -0.2) is 0 Å². The van der Waals surface area contributed by atoms with E-state index in [-0.39, 0.29) is 11.7 Å². The molecule has 2 rings (SSSR count). The molecule has 0 bridgehead atoms. The van der Waals surface area contributed by atoms with Crippen molar-refractivity contribution in [3.05, 3.63) is 53.9 Å². The minimum atomic E-state index is -0.0985. The van der Waals surface area contributed by atoms with Crippen LogP contribution in [0.1, 0.15) is 22.8 Å². The van der Waals surface area contributed by atoms with Crippen molar-refractivity contribution in [3.8, 4) is 5.75 Å². The number of phenols is 1. The highest BCUT2D eigenvalue weighted by Gasteiger charge is 2.17. The third kappa shape index (κ3) is 2.73. The second kappa shape index (κ2) is 5.52. The standard InChI is InChI=1S/C15H16N2O2/c1-3-17(14-10-13(18)5-4-11(14)2)15(19)12-6-8-16-9-7-12/h4-10,18H,3H2,1-2H3. The number of anilines is 1. The van der Waals surface area contributed by atoms with Crippen LogP contribution in [0.15, 0.2) is 42.7 Å². The lowest BCUT2D eigenvalue weighted by atomic mass is 10.1. The van der Waals surface area contributed by atoms with Crippen LogP contribution in [0.3, 0.4) is 0 Å². The summed E-state index contributed by atoms with van der Waals surface area (Å²) < 4.78 is 0. The molecule has 0 aliphatic heterocycles. The number of carbonyl (C=O) groups is 1. The maximum Gasteiger partial charge on any atom is 0.258 e. The fraction of sp³-hybridized carbons (Fsp3) is 0.200. The molecule has 0 saturated heterocycles. The van der Waals surface area contributed by atoms with Crippen LogP contribution in [0.4, 0.5) is 5.69 Å². The van der Waals surface area contributed by atoms with Gasteiger partial charge >= 0.3 is 0 Å². The number of hydrogen-bond donors (Lipinski definition) is 1. The fourth-order valence-electron chi connectivity index (χ4n) is 1.96. The first-order chi connectivity index (χ1) is 9.13. The van der Waals surface area contributed by atoms with Crippen LogP contribution in [0.5, 0.6) is 5.75 Å². The van der Waals surface area contributed by atoms with Gasteiger partial charge in [0.15, 0.2) is 0 Å². The molecule has 1 aromatic carbocycles. The van der Waals surface area contributed by atoms with Crippen molar-refractivity contribution in [1.82, 2.24) is 4.98 Å². The first kappa shape index (κ1) is 13.1. The molecule has 1 heterocycles. The van der Waals surface area contributed by atoms with Crippen LogP contribution in [0.25, 0.3) is 0 Å². The van der Waals surface area contributed by atoms with Crippen molar-refractivity contribution in [2.75, 3.05) is 11.4 Å². The second-order valence-electron chi connectivity index (χ2n) is 4.26. The van der Waals surface area contributed by atoms with E-state index < -0.39 is 0 Å². The molecule has 0 aliphatic carbocycles. The van der Waals surface area contributed by atoms with Crippen LogP contribution in [0, 0.1) is 6.92 Å². The van der Waals surface area contributed by atoms with Crippen molar-refractivity contribution in [1.29, 1.82) is 0 Å². The SMILES string of the molecule is CCN(C(=O)c1ccncc1)c1cc(O)ccc1C. The number of aryl methyl sites for hydroxylation is 1. The molecule has 4 heteroatoms. The number of rotatable bonds is 3. The predicted octanol–water partition coefficient (Wildman–Crippen LogP) is 2.76. The molecule has 1 N–H and O–H groups in total. The van der Waals surface area contributed by atoms with Gasteiger partial charge in [0.2, 0.25) is 0 Å². The monoisotopic (exact) mass is 256 g/mol. The lowest BCUT2D eigenvalue weighted by molar-refractivity contribution is 0.0988. The molecule has 4 nitrogen and oxygen atoms in total. The van der Waals surface area contributed by atoms with Gasteiger partial charge in [-0.1, -0.05) is 6.07 Å². The van der Waals surface area contributed by atoms with Crippen molar-refractivity contribution >= 4 is 11.6 Å². The van der Waals surface area contributed by atoms with E-state index in [4.69, 9.17) is 0 Å². The third-order valence-corrected chi connectivity index (χ3v) is 2.97. The van der Waals surface area contributed by atoms with Crippen LogP contribution >= 0.6 is 0 Å². The summed E-state index contributed by atoms with van der Waals surface area (Å²) in [6.45, 7) is 4.35. The highest BCUT2D eigenvalue weighted by molar-refractivity contribution is 6.06. The highest BCUT2D eigenvalue weighted by Crippen LogP contribution is 2.26. The van der Waals surface area contributed by atoms with E-state index >= 15 is 0 Å². The number of amides is 1. The molecule has 0 aliphatic rings. The molecule has 19 heavy (non-hydrogen) atoms. The Balaban J connectivity index is 2.40. The zero-order valence-corrected chi connectivity index (χ0v) is 11.0. The van der Waals surface area contributed by atoms with E-state index in [1.807, 2.05) is 13.8 Å². The Labute approximate surface area is 112 Å². The molecule has 0 spiro atoms. The van der Waals surface area contributed by atoms with E-state index in [9.17, 15) is 9.90 Å². The number of benzene rings is 1. The maximum atomic E-state index is 12.5. The Hall–Kier alpha value is -2.36. The lowest BCUT2D eigenvalue weighted by Crippen LogP contribution is -2.31. The van der Waals surface area contributed by atoms with Crippen molar-refractivity contribution in [3.63, 3.8) is 0 Å². The third-order valence-electron chi connectivity index (χ3n) is 2.97. The van der Waals surface area contributed by atoms with E-state index in [1.165, 1.54) is 0 Å². The number of phenolic OH excluding ortho intramolecular Hbond substituents is 1. The average molecular weight is 256 g/mol. The Morgan fingerprint density at radius 2 is 1.95 bits per heavy atom. The first-order valence-corrected chi connectivity index (χ1v) is 6.15. The summed E-state index contributed by atoms with van der Waals surface area (Å²) >= 11 is 0. The number of pyridine rings is 1. The summed E-state index contributed by atoms with van der Waals surface area (Å²) in [7, 11) is 0. The first-order valence-electron chi connectivity index (χ1n) is 6.15. The van der Waals surface area contributed by atoms with E-state index in [0.717, 1.165) is 11.3 Å². The number of carbonyl (C=O) groups excluding carboxylic acids is 1. The summed E-state index contributed by atoms with van der Waals surface area (Å²) in [5, 5.41) is 9.59. The summed E-state index contributed by atoms with van der Waals surface area (Å²) in [5.41, 5.74) is 2.26. The molecule has 1 aromatic heterocycles. The molecule has 0 atom stereocenters. The molecule has 0 radical (unpaired) electrons. The minimum Gasteiger partial charge on any atom is -0.508 e. The molecule has 98 valence electrons.